The van der Waals surface area contributed by atoms with Gasteiger partial charge in [-0.25, -0.2) is 9.97 Å². The Morgan fingerprint density at radius 3 is 2.77 bits per heavy atom. The van der Waals surface area contributed by atoms with Gasteiger partial charge in [0.2, 0.25) is 0 Å². The van der Waals surface area contributed by atoms with Crippen LogP contribution in [-0.2, 0) is 10.5 Å². The normalized spacial score (nSPS) is 14.3. The van der Waals surface area contributed by atoms with Gasteiger partial charge in [0.15, 0.2) is 5.82 Å². The van der Waals surface area contributed by atoms with Crippen molar-refractivity contribution < 1.29 is 4.74 Å². The molecule has 0 spiro atoms. The molecular weight excluding hydrogens is 428 g/mol. The molecular formula is C24H23ClN4OS. The van der Waals surface area contributed by atoms with Gasteiger partial charge in [-0.3, -0.25) is 0 Å². The molecule has 0 amide bonds. The van der Waals surface area contributed by atoms with Gasteiger partial charge in [0.05, 0.1) is 23.9 Å². The third-order valence-electron chi connectivity index (χ3n) is 5.38. The maximum atomic E-state index is 6.44. The number of fused-ring (bicyclic) bond motifs is 1. The Balaban J connectivity index is 1.49. The predicted octanol–water partition coefficient (Wildman–Crippen LogP) is 5.72. The number of aryl methyl sites for hydroxylation is 1. The van der Waals surface area contributed by atoms with E-state index in [-0.39, 0.29) is 0 Å². The highest BCUT2D eigenvalue weighted by atomic mass is 35.5. The smallest absolute Gasteiger partial charge is 0.161 e. The van der Waals surface area contributed by atoms with E-state index in [0.29, 0.717) is 0 Å². The summed E-state index contributed by atoms with van der Waals surface area (Å²) >= 11 is 8.14. The Morgan fingerprint density at radius 1 is 1.06 bits per heavy atom. The Morgan fingerprint density at radius 2 is 1.94 bits per heavy atom. The molecule has 4 aromatic rings. The number of hydrogen-bond acceptors (Lipinski definition) is 5. The molecule has 31 heavy (non-hydrogen) atoms. The Bertz CT molecular complexity index is 1220. The molecule has 1 saturated heterocycles. The summed E-state index contributed by atoms with van der Waals surface area (Å²) in [6.07, 6.45) is 1.95. The number of nitrogens with zero attached hydrogens (tertiary/aromatic N) is 3. The van der Waals surface area contributed by atoms with E-state index < -0.39 is 0 Å². The van der Waals surface area contributed by atoms with Crippen LogP contribution >= 0.6 is 23.4 Å². The molecule has 1 aliphatic rings. The molecule has 0 aliphatic carbocycles. The van der Waals surface area contributed by atoms with Crippen molar-refractivity contribution in [1.29, 1.82) is 0 Å². The lowest BCUT2D eigenvalue weighted by Crippen LogP contribution is -2.37. The zero-order valence-electron chi connectivity index (χ0n) is 17.3. The lowest BCUT2D eigenvalue weighted by molar-refractivity contribution is 0.122. The van der Waals surface area contributed by atoms with Gasteiger partial charge in [-0.15, -0.1) is 11.8 Å². The van der Waals surface area contributed by atoms with Crippen LogP contribution in [0.5, 0.6) is 0 Å². The van der Waals surface area contributed by atoms with Crippen LogP contribution in [0.15, 0.2) is 59.6 Å². The second-order valence-corrected chi connectivity index (χ2v) is 9.07. The summed E-state index contributed by atoms with van der Waals surface area (Å²) in [5.41, 5.74) is 4.27. The van der Waals surface area contributed by atoms with Crippen LogP contribution < -0.4 is 4.90 Å². The van der Waals surface area contributed by atoms with Crippen molar-refractivity contribution in [2.45, 2.75) is 17.6 Å². The van der Waals surface area contributed by atoms with Crippen molar-refractivity contribution >= 4 is 40.1 Å². The van der Waals surface area contributed by atoms with E-state index in [1.807, 2.05) is 19.2 Å². The Kier molecular flexibility index (Phi) is 5.85. The van der Waals surface area contributed by atoms with Crippen LogP contribution in [0.1, 0.15) is 11.3 Å². The fourth-order valence-corrected chi connectivity index (χ4v) is 4.92. The third kappa shape index (κ3) is 4.56. The van der Waals surface area contributed by atoms with Crippen LogP contribution in [0.2, 0.25) is 5.02 Å². The van der Waals surface area contributed by atoms with Crippen molar-refractivity contribution in [2.24, 2.45) is 0 Å². The number of halogens is 1. The van der Waals surface area contributed by atoms with Gasteiger partial charge in [0.25, 0.3) is 0 Å². The standard InChI is InChI=1S/C24H23ClN4OS/c1-16-2-5-22(20(25)12-16)31-15-19-14-23(29-8-10-30-11-9-29)28-24(27-19)18-3-4-21-17(13-18)6-7-26-21/h2-7,12-14,26H,8-11,15H2,1H3. The summed E-state index contributed by atoms with van der Waals surface area (Å²) in [7, 11) is 0. The van der Waals surface area contributed by atoms with E-state index in [4.69, 9.17) is 26.3 Å². The van der Waals surface area contributed by atoms with Crippen molar-refractivity contribution in [3.63, 3.8) is 0 Å². The molecule has 0 saturated carbocycles. The molecule has 0 radical (unpaired) electrons. The van der Waals surface area contributed by atoms with Crippen LogP contribution in [0.4, 0.5) is 5.82 Å². The average molecular weight is 451 g/mol. The minimum absolute atomic E-state index is 0.720. The molecule has 1 N–H and O–H groups in total. The van der Waals surface area contributed by atoms with Gasteiger partial charge >= 0.3 is 0 Å². The fraction of sp³-hybridized carbons (Fsp3) is 0.250. The van der Waals surface area contributed by atoms with Gasteiger partial charge in [0, 0.05) is 52.5 Å². The number of morpholine rings is 1. The highest BCUT2D eigenvalue weighted by Gasteiger charge is 2.16. The van der Waals surface area contributed by atoms with Gasteiger partial charge in [-0.05, 0) is 48.9 Å². The van der Waals surface area contributed by atoms with Crippen molar-refractivity contribution in [3.8, 4) is 11.4 Å². The fourth-order valence-electron chi connectivity index (χ4n) is 3.71. The highest BCUT2D eigenvalue weighted by molar-refractivity contribution is 7.98. The van der Waals surface area contributed by atoms with Crippen LogP contribution in [-0.4, -0.2) is 41.3 Å². The number of H-pyrrole nitrogens is 1. The first-order valence-corrected chi connectivity index (χ1v) is 11.7. The number of ether oxygens (including phenoxy) is 1. The quantitative estimate of drug-likeness (QED) is 0.394. The monoisotopic (exact) mass is 450 g/mol. The number of hydrogen-bond donors (Lipinski definition) is 1. The minimum atomic E-state index is 0.720. The van der Waals surface area contributed by atoms with E-state index >= 15 is 0 Å². The highest BCUT2D eigenvalue weighted by Crippen LogP contribution is 2.32. The molecule has 0 unspecified atom stereocenters. The third-order valence-corrected chi connectivity index (χ3v) is 6.91. The van der Waals surface area contributed by atoms with Crippen molar-refractivity contribution in [2.75, 3.05) is 31.2 Å². The SMILES string of the molecule is Cc1ccc(SCc2cc(N3CCOCC3)nc(-c3ccc4[nH]ccc4c3)n2)c(Cl)c1. The molecule has 2 aromatic carbocycles. The zero-order valence-corrected chi connectivity index (χ0v) is 18.8. The van der Waals surface area contributed by atoms with Gasteiger partial charge in [-0.1, -0.05) is 17.7 Å². The van der Waals surface area contributed by atoms with Crippen molar-refractivity contribution in [1.82, 2.24) is 15.0 Å². The molecule has 1 fully saturated rings. The second-order valence-electron chi connectivity index (χ2n) is 7.64. The lowest BCUT2D eigenvalue weighted by atomic mass is 10.1. The number of nitrogens with one attached hydrogen (secondary N) is 1. The Hall–Kier alpha value is -2.54. The number of aromatic nitrogens is 3. The molecule has 1 aliphatic heterocycles. The molecule has 158 valence electrons. The number of rotatable bonds is 5. The minimum Gasteiger partial charge on any atom is -0.378 e. The number of thioether (sulfide) groups is 1. The second kappa shape index (κ2) is 8.91. The predicted molar refractivity (Wildman–Crippen MR) is 128 cm³/mol. The molecule has 3 heterocycles. The van der Waals surface area contributed by atoms with E-state index in [1.54, 1.807) is 11.8 Å². The molecule has 0 atom stereocenters. The van der Waals surface area contributed by atoms with E-state index in [1.165, 1.54) is 0 Å². The first-order valence-electron chi connectivity index (χ1n) is 10.3. The lowest BCUT2D eigenvalue weighted by Gasteiger charge is -2.28. The molecule has 0 bridgehead atoms. The first-order chi connectivity index (χ1) is 15.2. The van der Waals surface area contributed by atoms with Crippen LogP contribution in [0.3, 0.4) is 0 Å². The number of benzene rings is 2. The maximum absolute atomic E-state index is 6.44. The van der Waals surface area contributed by atoms with E-state index in [2.05, 4.69) is 52.3 Å². The summed E-state index contributed by atoms with van der Waals surface area (Å²) in [5.74, 6) is 2.42. The van der Waals surface area contributed by atoms with E-state index in [9.17, 15) is 0 Å². The van der Waals surface area contributed by atoms with Crippen LogP contribution in [0.25, 0.3) is 22.3 Å². The molecule has 2 aromatic heterocycles. The Labute approximate surface area is 190 Å². The van der Waals surface area contributed by atoms with Crippen LogP contribution in [0, 0.1) is 6.92 Å². The zero-order chi connectivity index (χ0) is 21.2. The summed E-state index contributed by atoms with van der Waals surface area (Å²) in [4.78, 5) is 16.4. The summed E-state index contributed by atoms with van der Waals surface area (Å²) in [6.45, 7) is 5.16. The van der Waals surface area contributed by atoms with E-state index in [0.717, 1.165) is 81.3 Å². The molecule has 5 rings (SSSR count). The first kappa shape index (κ1) is 20.4. The molecule has 5 nitrogen and oxygen atoms in total. The summed E-state index contributed by atoms with van der Waals surface area (Å²) in [6, 6.07) is 16.6. The largest absolute Gasteiger partial charge is 0.378 e. The topological polar surface area (TPSA) is 54.0 Å². The van der Waals surface area contributed by atoms with Gasteiger partial charge in [0.1, 0.15) is 5.82 Å². The molecule has 7 heteroatoms. The van der Waals surface area contributed by atoms with Gasteiger partial charge in [-0.2, -0.15) is 0 Å². The maximum Gasteiger partial charge on any atom is 0.161 e. The number of anilines is 1. The summed E-state index contributed by atoms with van der Waals surface area (Å²) in [5, 5.41) is 1.94. The average Bonchev–Trinajstić information content (AvgIpc) is 3.27. The van der Waals surface area contributed by atoms with Crippen molar-refractivity contribution in [3.05, 3.63) is 71.0 Å². The number of aromatic amines is 1. The van der Waals surface area contributed by atoms with Gasteiger partial charge < -0.3 is 14.6 Å². The summed E-state index contributed by atoms with van der Waals surface area (Å²) < 4.78 is 5.53.